The Morgan fingerprint density at radius 2 is 1.33 bits per heavy atom. The van der Waals surface area contributed by atoms with Gasteiger partial charge in [0.25, 0.3) is 0 Å². The highest BCUT2D eigenvalue weighted by Gasteiger charge is 2.43. The molecule has 2 aromatic rings. The van der Waals surface area contributed by atoms with Gasteiger partial charge < -0.3 is 62.6 Å². The van der Waals surface area contributed by atoms with Crippen LogP contribution in [0.5, 0.6) is 5.75 Å². The molecule has 0 radical (unpaired) electrons. The van der Waals surface area contributed by atoms with Crippen molar-refractivity contribution >= 4 is 29.5 Å². The summed E-state index contributed by atoms with van der Waals surface area (Å²) >= 11 is 0. The number of carbonyl (C=O) groups excluding carboxylic acids is 5. The number of aliphatic hydroxyl groups excluding tert-OH is 4. The summed E-state index contributed by atoms with van der Waals surface area (Å²) in [6.45, 7) is 2.30. The highest BCUT2D eigenvalue weighted by Crippen LogP contribution is 2.19. The summed E-state index contributed by atoms with van der Waals surface area (Å²) in [6.07, 6.45) is -7.72. The molecular formula is C34H48N6O11. The number of nitrogens with two attached hydrogens (primary N) is 1. The predicted molar refractivity (Wildman–Crippen MR) is 181 cm³/mol. The van der Waals surface area contributed by atoms with E-state index >= 15 is 0 Å². The zero-order chi connectivity index (χ0) is 37.7. The van der Waals surface area contributed by atoms with Gasteiger partial charge in [-0.25, -0.2) is 0 Å². The van der Waals surface area contributed by atoms with Crippen molar-refractivity contribution in [3.05, 3.63) is 65.7 Å². The van der Waals surface area contributed by atoms with E-state index in [0.29, 0.717) is 11.1 Å². The fourth-order valence-corrected chi connectivity index (χ4v) is 5.22. The van der Waals surface area contributed by atoms with E-state index in [1.807, 2.05) is 13.8 Å². The lowest BCUT2D eigenvalue weighted by Crippen LogP contribution is -2.61. The summed E-state index contributed by atoms with van der Waals surface area (Å²) in [5.41, 5.74) is 7.32. The molecule has 0 aliphatic carbocycles. The van der Waals surface area contributed by atoms with Crippen LogP contribution in [-0.4, -0.2) is 124 Å². The number of aromatic hydroxyl groups is 1. The van der Waals surface area contributed by atoms with Gasteiger partial charge in [0.2, 0.25) is 29.5 Å². The van der Waals surface area contributed by atoms with Crippen LogP contribution in [0, 0.1) is 5.92 Å². The first kappa shape index (κ1) is 40.8. The van der Waals surface area contributed by atoms with Crippen LogP contribution in [0.2, 0.25) is 0 Å². The van der Waals surface area contributed by atoms with Gasteiger partial charge in [-0.15, -0.1) is 0 Å². The maximum Gasteiger partial charge on any atom is 0.243 e. The van der Waals surface area contributed by atoms with Gasteiger partial charge in [0.15, 0.2) is 6.29 Å². The van der Waals surface area contributed by atoms with E-state index in [1.54, 1.807) is 42.5 Å². The summed E-state index contributed by atoms with van der Waals surface area (Å²) in [5.74, 6) is -3.37. The first-order valence-electron chi connectivity index (χ1n) is 16.5. The zero-order valence-electron chi connectivity index (χ0n) is 28.4. The van der Waals surface area contributed by atoms with Crippen molar-refractivity contribution in [2.24, 2.45) is 11.7 Å². The van der Waals surface area contributed by atoms with Crippen LogP contribution in [0.3, 0.4) is 0 Å². The summed E-state index contributed by atoms with van der Waals surface area (Å²) in [7, 11) is 0. The second kappa shape index (κ2) is 19.7. The lowest BCUT2D eigenvalue weighted by molar-refractivity contribution is -0.280. The van der Waals surface area contributed by atoms with E-state index in [-0.39, 0.29) is 37.5 Å². The van der Waals surface area contributed by atoms with Crippen LogP contribution in [-0.2, 0) is 41.6 Å². The highest BCUT2D eigenvalue weighted by atomic mass is 16.6. The molecular weight excluding hydrogens is 668 g/mol. The third kappa shape index (κ3) is 13.2. The Bertz CT molecular complexity index is 1460. The minimum atomic E-state index is -1.79. The lowest BCUT2D eigenvalue weighted by atomic mass is 9.98. The van der Waals surface area contributed by atoms with Gasteiger partial charge >= 0.3 is 0 Å². The van der Waals surface area contributed by atoms with Gasteiger partial charge in [-0.3, -0.25) is 24.0 Å². The maximum atomic E-state index is 13.6. The minimum Gasteiger partial charge on any atom is -0.508 e. The standard InChI is InChI=1S/C34H48N6O11/c1-18(2)12-23(32(48)37-15-25-28(44)29(45)30(46)34(50)51-25)40-33(49)24(14-19-6-4-3-5-7-19)39-27(43)17-36-26(42)16-38-31(47)22(35)13-20-8-10-21(41)11-9-20/h3-11,18,22-25,28-30,34,41,44-46,50H,12-17,35H2,1-2H3,(H,36,42)(H,37,48)(H,38,47)(H,39,43)(H,40,49)/t22-,23-,24-,25+,28+,29-,30+,34+/m0/s1. The highest BCUT2D eigenvalue weighted by molar-refractivity contribution is 5.94. The third-order valence-electron chi connectivity index (χ3n) is 8.04. The van der Waals surface area contributed by atoms with Crippen molar-refractivity contribution in [2.75, 3.05) is 19.6 Å². The number of rotatable bonds is 17. The van der Waals surface area contributed by atoms with Crippen molar-refractivity contribution in [1.82, 2.24) is 26.6 Å². The molecule has 12 N–H and O–H groups in total. The third-order valence-corrected chi connectivity index (χ3v) is 8.04. The molecule has 51 heavy (non-hydrogen) atoms. The minimum absolute atomic E-state index is 0.0393. The number of aliphatic hydroxyl groups is 4. The molecule has 0 saturated carbocycles. The second-order valence-corrected chi connectivity index (χ2v) is 12.8. The fraction of sp³-hybridized carbons (Fsp3) is 0.500. The number of benzene rings is 2. The van der Waals surface area contributed by atoms with Crippen LogP contribution in [0.1, 0.15) is 31.4 Å². The molecule has 1 fully saturated rings. The first-order chi connectivity index (χ1) is 24.1. The molecule has 5 amide bonds. The van der Waals surface area contributed by atoms with Gasteiger partial charge in [0, 0.05) is 13.0 Å². The van der Waals surface area contributed by atoms with Crippen molar-refractivity contribution in [3.63, 3.8) is 0 Å². The smallest absolute Gasteiger partial charge is 0.243 e. The topological polar surface area (TPSA) is 282 Å². The lowest BCUT2D eigenvalue weighted by Gasteiger charge is -2.38. The van der Waals surface area contributed by atoms with Crippen molar-refractivity contribution in [2.45, 2.75) is 81.9 Å². The number of carbonyl (C=O) groups is 5. The Morgan fingerprint density at radius 1 is 0.706 bits per heavy atom. The molecule has 0 spiro atoms. The number of amides is 5. The average Bonchev–Trinajstić information content (AvgIpc) is 3.10. The maximum absolute atomic E-state index is 13.6. The summed E-state index contributed by atoms with van der Waals surface area (Å²) in [6, 6.07) is 11.7. The molecule has 2 aromatic carbocycles. The van der Waals surface area contributed by atoms with Crippen LogP contribution in [0.25, 0.3) is 0 Å². The normalized spacial score (nSPS) is 21.8. The van der Waals surface area contributed by atoms with Gasteiger partial charge in [0.1, 0.15) is 42.2 Å². The second-order valence-electron chi connectivity index (χ2n) is 12.8. The number of hydrogen-bond acceptors (Lipinski definition) is 12. The molecule has 1 saturated heterocycles. The van der Waals surface area contributed by atoms with Gasteiger partial charge in [0.05, 0.1) is 19.1 Å². The fourth-order valence-electron chi connectivity index (χ4n) is 5.22. The number of ether oxygens (including phenoxy) is 1. The van der Waals surface area contributed by atoms with Gasteiger partial charge in [-0.2, -0.15) is 0 Å². The molecule has 280 valence electrons. The molecule has 17 nitrogen and oxygen atoms in total. The quantitative estimate of drug-likeness (QED) is 0.0767. The van der Waals surface area contributed by atoms with Crippen LogP contribution < -0.4 is 32.3 Å². The monoisotopic (exact) mass is 716 g/mol. The largest absolute Gasteiger partial charge is 0.508 e. The molecule has 1 aliphatic rings. The molecule has 17 heteroatoms. The molecule has 1 aliphatic heterocycles. The molecule has 0 aromatic heterocycles. The zero-order valence-corrected chi connectivity index (χ0v) is 28.4. The van der Waals surface area contributed by atoms with Crippen LogP contribution in [0.15, 0.2) is 54.6 Å². The van der Waals surface area contributed by atoms with E-state index in [2.05, 4.69) is 26.6 Å². The number of hydrogen-bond donors (Lipinski definition) is 11. The van der Waals surface area contributed by atoms with E-state index < -0.39 is 91.5 Å². The number of nitrogens with one attached hydrogen (secondary N) is 5. The number of phenolic OH excluding ortho intramolecular Hbond substituents is 1. The SMILES string of the molecule is CC(C)C[C@H](NC(=O)[C@H](Cc1ccccc1)NC(=O)CNC(=O)CNC(=O)[C@@H](N)Cc1ccc(O)cc1)C(=O)NC[C@H]1O[C@@H](O)[C@H](O)[C@@H](O)[C@@H]1O. The average molecular weight is 717 g/mol. The first-order valence-corrected chi connectivity index (χ1v) is 16.5. The summed E-state index contributed by atoms with van der Waals surface area (Å²) in [4.78, 5) is 64.4. The molecule has 1 heterocycles. The van der Waals surface area contributed by atoms with E-state index in [9.17, 15) is 49.5 Å². The van der Waals surface area contributed by atoms with E-state index in [0.717, 1.165) is 0 Å². The summed E-state index contributed by atoms with van der Waals surface area (Å²) < 4.78 is 5.11. The Balaban J connectivity index is 1.57. The molecule has 0 unspecified atom stereocenters. The molecule has 0 bridgehead atoms. The summed E-state index contributed by atoms with van der Waals surface area (Å²) in [5, 5.41) is 61.6. The van der Waals surface area contributed by atoms with Crippen molar-refractivity contribution in [3.8, 4) is 5.75 Å². The molecule has 3 rings (SSSR count). The molecule has 8 atom stereocenters. The van der Waals surface area contributed by atoms with E-state index in [4.69, 9.17) is 10.5 Å². The van der Waals surface area contributed by atoms with Gasteiger partial charge in [-0.1, -0.05) is 56.3 Å². The van der Waals surface area contributed by atoms with E-state index in [1.165, 1.54) is 12.1 Å². The Kier molecular flexibility index (Phi) is 15.7. The van der Waals surface area contributed by atoms with Crippen LogP contribution in [0.4, 0.5) is 0 Å². The predicted octanol–water partition coefficient (Wildman–Crippen LogP) is -3.33. The van der Waals surface area contributed by atoms with Crippen molar-refractivity contribution in [1.29, 1.82) is 0 Å². The van der Waals surface area contributed by atoms with Crippen molar-refractivity contribution < 1.29 is 54.2 Å². The Hall–Kier alpha value is -4.65. The number of phenols is 1. The van der Waals surface area contributed by atoms with Crippen LogP contribution >= 0.6 is 0 Å². The van der Waals surface area contributed by atoms with Gasteiger partial charge in [-0.05, 0) is 42.0 Å². The Labute approximate surface area is 294 Å². The Morgan fingerprint density at radius 3 is 1.98 bits per heavy atom.